The van der Waals surface area contributed by atoms with Crippen molar-refractivity contribution in [3.8, 4) is 5.75 Å². The molecule has 0 fully saturated rings. The van der Waals surface area contributed by atoms with Gasteiger partial charge in [-0.3, -0.25) is 0 Å². The minimum Gasteiger partial charge on any atom is -0.497 e. The molecule has 1 aromatic heterocycles. The number of aromatic nitrogens is 1. The summed E-state index contributed by atoms with van der Waals surface area (Å²) in [5, 5.41) is 9.57. The lowest BCUT2D eigenvalue weighted by Crippen LogP contribution is -2.31. The molecule has 0 aliphatic heterocycles. The number of hydrogen-bond acceptors (Lipinski definition) is 4. The maximum absolute atomic E-state index is 9.57. The second-order valence-corrected chi connectivity index (χ2v) is 6.06. The third kappa shape index (κ3) is 4.96. The van der Waals surface area contributed by atoms with Gasteiger partial charge in [0.05, 0.1) is 7.11 Å². The summed E-state index contributed by atoms with van der Waals surface area (Å²) in [4.78, 5) is 6.86. The van der Waals surface area contributed by atoms with E-state index in [4.69, 9.17) is 4.74 Å². The maximum Gasteiger partial charge on any atom is 0.128 e. The number of ether oxygens (including phenoxy) is 1. The molecule has 0 aliphatic rings. The number of benzene rings is 1. The molecule has 4 nitrogen and oxygen atoms in total. The molecule has 0 saturated heterocycles. The van der Waals surface area contributed by atoms with E-state index in [1.165, 1.54) is 11.1 Å². The maximum atomic E-state index is 9.57. The van der Waals surface area contributed by atoms with Crippen molar-refractivity contribution >= 4 is 5.82 Å². The zero-order chi connectivity index (χ0) is 17.4. The molecule has 1 atom stereocenters. The summed E-state index contributed by atoms with van der Waals surface area (Å²) < 4.78 is 5.22. The molecule has 4 heteroatoms. The molecule has 130 valence electrons. The molecule has 0 spiro atoms. The van der Waals surface area contributed by atoms with E-state index in [-0.39, 0.29) is 12.5 Å². The monoisotopic (exact) mass is 328 g/mol. The smallest absolute Gasteiger partial charge is 0.128 e. The molecule has 0 radical (unpaired) electrons. The van der Waals surface area contributed by atoms with Crippen LogP contribution >= 0.6 is 0 Å². The molecule has 2 aromatic rings. The Morgan fingerprint density at radius 2 is 1.79 bits per heavy atom. The molecule has 1 heterocycles. The van der Waals surface area contributed by atoms with E-state index in [0.717, 1.165) is 37.5 Å². The Hall–Kier alpha value is -2.07. The predicted octanol–water partition coefficient (Wildman–Crippen LogP) is 3.68. The molecular formula is C20H28N2O2. The van der Waals surface area contributed by atoms with Gasteiger partial charge < -0.3 is 14.7 Å². The van der Waals surface area contributed by atoms with E-state index >= 15 is 0 Å². The second-order valence-electron chi connectivity index (χ2n) is 6.06. The minimum atomic E-state index is 0.197. The molecule has 24 heavy (non-hydrogen) atoms. The van der Waals surface area contributed by atoms with Crippen molar-refractivity contribution in [1.82, 2.24) is 4.98 Å². The zero-order valence-corrected chi connectivity index (χ0v) is 14.9. The van der Waals surface area contributed by atoms with Crippen LogP contribution in [0.5, 0.6) is 5.75 Å². The molecular weight excluding hydrogens is 300 g/mol. The summed E-state index contributed by atoms with van der Waals surface area (Å²) in [6.07, 6.45) is 3.87. The van der Waals surface area contributed by atoms with Crippen molar-refractivity contribution in [3.05, 3.63) is 53.7 Å². The Bertz CT molecular complexity index is 592. The highest BCUT2D eigenvalue weighted by Gasteiger charge is 2.14. The van der Waals surface area contributed by atoms with E-state index in [2.05, 4.69) is 48.0 Å². The molecule has 0 amide bonds. The number of hydrogen-bond donors (Lipinski definition) is 1. The summed E-state index contributed by atoms with van der Waals surface area (Å²) in [6.45, 7) is 5.99. The van der Waals surface area contributed by atoms with Crippen molar-refractivity contribution in [3.63, 3.8) is 0 Å². The number of methoxy groups -OCH3 is 1. The van der Waals surface area contributed by atoms with Crippen LogP contribution in [-0.4, -0.2) is 30.4 Å². The summed E-state index contributed by atoms with van der Waals surface area (Å²) in [5.74, 6) is 2.06. The van der Waals surface area contributed by atoms with Crippen LogP contribution in [0.25, 0.3) is 0 Å². The van der Waals surface area contributed by atoms with Crippen LogP contribution in [0, 0.1) is 5.92 Å². The summed E-state index contributed by atoms with van der Waals surface area (Å²) in [6, 6.07) is 12.3. The van der Waals surface area contributed by atoms with Gasteiger partial charge >= 0.3 is 0 Å². The molecule has 0 bridgehead atoms. The third-order valence-corrected chi connectivity index (χ3v) is 4.39. The van der Waals surface area contributed by atoms with E-state index in [1.54, 1.807) is 7.11 Å². The quantitative estimate of drug-likeness (QED) is 0.763. The lowest BCUT2D eigenvalue weighted by atomic mass is 10.1. The van der Waals surface area contributed by atoms with Gasteiger partial charge in [0, 0.05) is 25.9 Å². The number of pyridine rings is 1. The average Bonchev–Trinajstić information content (AvgIpc) is 2.65. The van der Waals surface area contributed by atoms with Gasteiger partial charge in [0.25, 0.3) is 0 Å². The van der Waals surface area contributed by atoms with Gasteiger partial charge in [0.2, 0.25) is 0 Å². The Morgan fingerprint density at radius 3 is 2.29 bits per heavy atom. The van der Waals surface area contributed by atoms with Gasteiger partial charge in [-0.25, -0.2) is 4.98 Å². The first-order valence-electron chi connectivity index (χ1n) is 8.63. The van der Waals surface area contributed by atoms with E-state index in [1.807, 2.05) is 18.3 Å². The normalized spacial score (nSPS) is 12.0. The highest BCUT2D eigenvalue weighted by Crippen LogP contribution is 2.20. The van der Waals surface area contributed by atoms with Crippen LogP contribution in [0.1, 0.15) is 31.4 Å². The van der Waals surface area contributed by atoms with Crippen LogP contribution < -0.4 is 9.64 Å². The van der Waals surface area contributed by atoms with Crippen molar-refractivity contribution in [2.45, 2.75) is 33.2 Å². The predicted molar refractivity (Wildman–Crippen MR) is 98.5 cm³/mol. The van der Waals surface area contributed by atoms with Gasteiger partial charge in [-0.05, 0) is 48.1 Å². The topological polar surface area (TPSA) is 45.6 Å². The zero-order valence-electron chi connectivity index (χ0n) is 14.9. The molecule has 1 unspecified atom stereocenters. The van der Waals surface area contributed by atoms with Gasteiger partial charge in [-0.1, -0.05) is 32.0 Å². The molecule has 1 aromatic carbocycles. The highest BCUT2D eigenvalue weighted by atomic mass is 16.5. The van der Waals surface area contributed by atoms with E-state index < -0.39 is 0 Å². The highest BCUT2D eigenvalue weighted by molar-refractivity contribution is 5.41. The van der Waals surface area contributed by atoms with E-state index in [0.29, 0.717) is 0 Å². The molecule has 0 saturated carbocycles. The Balaban J connectivity index is 2.19. The molecule has 1 N–H and O–H groups in total. The summed E-state index contributed by atoms with van der Waals surface area (Å²) >= 11 is 0. The lowest BCUT2D eigenvalue weighted by molar-refractivity contribution is 0.224. The SMILES string of the molecule is CCc1ccc(N(Cc2ccc(OC)cc2)CC(CC)CO)nc1. The minimum absolute atomic E-state index is 0.197. The van der Waals surface area contributed by atoms with Crippen molar-refractivity contribution in [2.24, 2.45) is 5.92 Å². The fourth-order valence-electron chi connectivity index (χ4n) is 2.63. The standard InChI is InChI=1S/C20H28N2O2/c1-4-16-8-11-20(21-12-16)22(13-17(5-2)15-23)14-18-6-9-19(24-3)10-7-18/h6-12,17,23H,4-5,13-15H2,1-3H3. The van der Waals surface area contributed by atoms with Crippen LogP contribution in [-0.2, 0) is 13.0 Å². The van der Waals surface area contributed by atoms with Gasteiger partial charge in [0.15, 0.2) is 0 Å². The number of anilines is 1. The Kier molecular flexibility index (Phi) is 7.07. The summed E-state index contributed by atoms with van der Waals surface area (Å²) in [5.41, 5.74) is 2.43. The van der Waals surface area contributed by atoms with Crippen molar-refractivity contribution < 1.29 is 9.84 Å². The first-order chi connectivity index (χ1) is 11.7. The van der Waals surface area contributed by atoms with Crippen LogP contribution in [0.3, 0.4) is 0 Å². The third-order valence-electron chi connectivity index (χ3n) is 4.39. The first kappa shape index (κ1) is 18.3. The van der Waals surface area contributed by atoms with Crippen molar-refractivity contribution in [1.29, 1.82) is 0 Å². The second kappa shape index (κ2) is 9.28. The van der Waals surface area contributed by atoms with Gasteiger partial charge in [-0.15, -0.1) is 0 Å². The molecule has 2 rings (SSSR count). The number of aliphatic hydroxyl groups is 1. The Morgan fingerprint density at radius 1 is 1.08 bits per heavy atom. The van der Waals surface area contributed by atoms with Gasteiger partial charge in [0.1, 0.15) is 11.6 Å². The van der Waals surface area contributed by atoms with Crippen LogP contribution in [0.4, 0.5) is 5.82 Å². The van der Waals surface area contributed by atoms with Crippen molar-refractivity contribution in [2.75, 3.05) is 25.2 Å². The Labute approximate surface area is 145 Å². The van der Waals surface area contributed by atoms with Crippen LogP contribution in [0.2, 0.25) is 0 Å². The average molecular weight is 328 g/mol. The summed E-state index contributed by atoms with van der Waals surface area (Å²) in [7, 11) is 1.67. The fourth-order valence-corrected chi connectivity index (χ4v) is 2.63. The number of aryl methyl sites for hydroxylation is 1. The van der Waals surface area contributed by atoms with Crippen LogP contribution in [0.15, 0.2) is 42.6 Å². The largest absolute Gasteiger partial charge is 0.497 e. The number of rotatable bonds is 9. The number of nitrogens with zero attached hydrogens (tertiary/aromatic N) is 2. The lowest BCUT2D eigenvalue weighted by Gasteiger charge is -2.27. The molecule has 0 aliphatic carbocycles. The van der Waals surface area contributed by atoms with Gasteiger partial charge in [-0.2, -0.15) is 0 Å². The number of aliphatic hydroxyl groups excluding tert-OH is 1. The first-order valence-corrected chi connectivity index (χ1v) is 8.63. The fraction of sp³-hybridized carbons (Fsp3) is 0.450. The van der Waals surface area contributed by atoms with E-state index in [9.17, 15) is 5.11 Å².